The maximum Gasteiger partial charge on any atom is 0.0503 e. The molecule has 0 amide bonds. The van der Waals surface area contributed by atoms with Crippen LogP contribution in [0.4, 0.5) is 0 Å². The third kappa shape index (κ3) is 3.67. The van der Waals surface area contributed by atoms with Gasteiger partial charge in [-0.05, 0) is 51.1 Å². The second-order valence-electron chi connectivity index (χ2n) is 5.72. The first-order chi connectivity index (χ1) is 8.33. The van der Waals surface area contributed by atoms with Gasteiger partial charge in [-0.25, -0.2) is 0 Å². The van der Waals surface area contributed by atoms with Crippen molar-refractivity contribution in [2.45, 2.75) is 51.1 Å². The first kappa shape index (κ1) is 13.3. The zero-order chi connectivity index (χ0) is 12.1. The number of ether oxygens (including phenoxy) is 1. The second-order valence-corrected chi connectivity index (χ2v) is 5.72. The molecule has 2 aliphatic rings. The maximum absolute atomic E-state index is 5.27. The van der Waals surface area contributed by atoms with E-state index in [2.05, 4.69) is 17.1 Å². The van der Waals surface area contributed by atoms with Crippen LogP contribution in [0.1, 0.15) is 39.0 Å². The van der Waals surface area contributed by atoms with Gasteiger partial charge in [0.1, 0.15) is 0 Å². The van der Waals surface area contributed by atoms with Crippen LogP contribution >= 0.6 is 0 Å². The zero-order valence-corrected chi connectivity index (χ0v) is 11.5. The van der Waals surface area contributed by atoms with E-state index in [1.54, 1.807) is 0 Å². The van der Waals surface area contributed by atoms with Crippen LogP contribution in [-0.4, -0.2) is 50.3 Å². The van der Waals surface area contributed by atoms with Crippen molar-refractivity contribution in [2.24, 2.45) is 5.92 Å². The molecule has 3 atom stereocenters. The van der Waals surface area contributed by atoms with Gasteiger partial charge in [0.2, 0.25) is 0 Å². The van der Waals surface area contributed by atoms with E-state index in [4.69, 9.17) is 4.74 Å². The fourth-order valence-electron chi connectivity index (χ4n) is 3.39. The quantitative estimate of drug-likeness (QED) is 0.767. The van der Waals surface area contributed by atoms with E-state index in [9.17, 15) is 0 Å². The van der Waals surface area contributed by atoms with Gasteiger partial charge in [0.25, 0.3) is 0 Å². The summed E-state index contributed by atoms with van der Waals surface area (Å²) in [5, 5.41) is 3.67. The molecule has 1 N–H and O–H groups in total. The van der Waals surface area contributed by atoms with Crippen LogP contribution in [0, 0.1) is 5.92 Å². The lowest BCUT2D eigenvalue weighted by Crippen LogP contribution is -2.34. The molecule has 1 saturated heterocycles. The molecule has 0 aromatic heterocycles. The molecule has 1 heterocycles. The van der Waals surface area contributed by atoms with E-state index in [1.165, 1.54) is 51.7 Å². The van der Waals surface area contributed by atoms with Crippen LogP contribution in [0.3, 0.4) is 0 Å². The topological polar surface area (TPSA) is 24.5 Å². The highest BCUT2D eigenvalue weighted by molar-refractivity contribution is 4.90. The molecule has 0 spiro atoms. The second kappa shape index (κ2) is 6.72. The van der Waals surface area contributed by atoms with Crippen LogP contribution in [0.25, 0.3) is 0 Å². The molecule has 0 radical (unpaired) electrons. The van der Waals surface area contributed by atoms with Gasteiger partial charge < -0.3 is 10.1 Å². The van der Waals surface area contributed by atoms with E-state index < -0.39 is 0 Å². The highest BCUT2D eigenvalue weighted by Gasteiger charge is 2.33. The maximum atomic E-state index is 5.27. The molecule has 100 valence electrons. The van der Waals surface area contributed by atoms with Crippen LogP contribution < -0.4 is 5.32 Å². The fourth-order valence-corrected chi connectivity index (χ4v) is 3.39. The van der Waals surface area contributed by atoms with E-state index in [0.717, 1.165) is 24.6 Å². The molecule has 17 heavy (non-hydrogen) atoms. The lowest BCUT2D eigenvalue weighted by atomic mass is 10.1. The van der Waals surface area contributed by atoms with E-state index in [0.29, 0.717) is 0 Å². The number of methoxy groups -OCH3 is 1. The molecule has 2 rings (SSSR count). The van der Waals surface area contributed by atoms with E-state index in [-0.39, 0.29) is 0 Å². The average molecular weight is 240 g/mol. The van der Waals surface area contributed by atoms with Crippen molar-refractivity contribution in [1.82, 2.24) is 10.2 Å². The summed E-state index contributed by atoms with van der Waals surface area (Å²) in [6, 6.07) is 1.62. The Balaban J connectivity index is 1.70. The van der Waals surface area contributed by atoms with Gasteiger partial charge in [0.05, 0.1) is 6.61 Å². The molecule has 1 saturated carbocycles. The normalized spacial score (nSPS) is 34.6. The van der Waals surface area contributed by atoms with Crippen molar-refractivity contribution in [1.29, 1.82) is 0 Å². The van der Waals surface area contributed by atoms with Crippen molar-refractivity contribution >= 4 is 0 Å². The highest BCUT2D eigenvalue weighted by atomic mass is 16.5. The number of rotatable bonds is 6. The summed E-state index contributed by atoms with van der Waals surface area (Å²) in [7, 11) is 1.82. The van der Waals surface area contributed by atoms with Crippen molar-refractivity contribution in [3.8, 4) is 0 Å². The number of nitrogens with one attached hydrogen (secondary N) is 1. The molecule has 0 bridgehead atoms. The Morgan fingerprint density at radius 1 is 1.29 bits per heavy atom. The lowest BCUT2D eigenvalue weighted by molar-refractivity contribution is 0.147. The van der Waals surface area contributed by atoms with Crippen LogP contribution in [0.15, 0.2) is 0 Å². The molecule has 0 aromatic rings. The molecular formula is C14H28N2O. The molecule has 3 nitrogen and oxygen atoms in total. The predicted octanol–water partition coefficient (Wildman–Crippen LogP) is 1.88. The van der Waals surface area contributed by atoms with E-state index in [1.807, 2.05) is 7.11 Å². The molecule has 1 aliphatic heterocycles. The van der Waals surface area contributed by atoms with Crippen molar-refractivity contribution in [3.05, 3.63) is 0 Å². The summed E-state index contributed by atoms with van der Waals surface area (Å²) in [5.74, 6) is 0.780. The molecule has 3 heteroatoms. The number of hydrogen-bond donors (Lipinski definition) is 1. The Morgan fingerprint density at radius 3 is 2.94 bits per heavy atom. The Labute approximate surface area is 106 Å². The van der Waals surface area contributed by atoms with Gasteiger partial charge >= 0.3 is 0 Å². The smallest absolute Gasteiger partial charge is 0.0503 e. The van der Waals surface area contributed by atoms with Gasteiger partial charge in [0, 0.05) is 25.7 Å². The summed E-state index contributed by atoms with van der Waals surface area (Å²) in [5.41, 5.74) is 0. The first-order valence-corrected chi connectivity index (χ1v) is 7.29. The summed E-state index contributed by atoms with van der Waals surface area (Å²) < 4.78 is 5.27. The third-order valence-electron chi connectivity index (χ3n) is 4.32. The fraction of sp³-hybridized carbons (Fsp3) is 1.00. The zero-order valence-electron chi connectivity index (χ0n) is 11.5. The van der Waals surface area contributed by atoms with Crippen molar-refractivity contribution in [2.75, 3.05) is 33.4 Å². The van der Waals surface area contributed by atoms with Crippen LogP contribution in [0.2, 0.25) is 0 Å². The Kier molecular flexibility index (Phi) is 5.26. The highest BCUT2D eigenvalue weighted by Crippen LogP contribution is 2.29. The summed E-state index contributed by atoms with van der Waals surface area (Å²) >= 11 is 0. The Hall–Kier alpha value is -0.120. The minimum Gasteiger partial charge on any atom is -0.384 e. The standard InChI is InChI=1S/C14H28N2O/c1-3-7-15-13-4-5-14(9-13)16-8-6-12(10-16)11-17-2/h12-15H,3-11H2,1-2H3. The van der Waals surface area contributed by atoms with Gasteiger partial charge in [0.15, 0.2) is 0 Å². The average Bonchev–Trinajstić information content (AvgIpc) is 2.95. The number of likely N-dealkylation sites (tertiary alicyclic amines) is 1. The van der Waals surface area contributed by atoms with Gasteiger partial charge in [-0.1, -0.05) is 6.92 Å². The molecule has 0 aromatic carbocycles. The van der Waals surface area contributed by atoms with Crippen LogP contribution in [0.5, 0.6) is 0 Å². The van der Waals surface area contributed by atoms with E-state index >= 15 is 0 Å². The minimum absolute atomic E-state index is 0.779. The first-order valence-electron chi connectivity index (χ1n) is 7.29. The van der Waals surface area contributed by atoms with Gasteiger partial charge in [-0.2, -0.15) is 0 Å². The molecule has 1 aliphatic carbocycles. The lowest BCUT2D eigenvalue weighted by Gasteiger charge is -2.24. The third-order valence-corrected chi connectivity index (χ3v) is 4.32. The summed E-state index contributed by atoms with van der Waals surface area (Å²) in [4.78, 5) is 2.71. The summed E-state index contributed by atoms with van der Waals surface area (Å²) in [6.07, 6.45) is 6.70. The van der Waals surface area contributed by atoms with Gasteiger partial charge in [-0.15, -0.1) is 0 Å². The monoisotopic (exact) mass is 240 g/mol. The summed E-state index contributed by atoms with van der Waals surface area (Å²) in [6.45, 7) is 6.93. The van der Waals surface area contributed by atoms with Crippen LogP contribution in [-0.2, 0) is 4.74 Å². The Bertz CT molecular complexity index is 222. The predicted molar refractivity (Wildman–Crippen MR) is 71.3 cm³/mol. The molecule has 3 unspecified atom stereocenters. The van der Waals surface area contributed by atoms with Crippen molar-refractivity contribution < 1.29 is 4.74 Å². The van der Waals surface area contributed by atoms with Crippen molar-refractivity contribution in [3.63, 3.8) is 0 Å². The molecule has 2 fully saturated rings. The van der Waals surface area contributed by atoms with Gasteiger partial charge in [-0.3, -0.25) is 4.90 Å². The largest absolute Gasteiger partial charge is 0.384 e. The Morgan fingerprint density at radius 2 is 2.18 bits per heavy atom. The molecular weight excluding hydrogens is 212 g/mol. The number of hydrogen-bond acceptors (Lipinski definition) is 3. The SMILES string of the molecule is CCCNC1CCC(N2CCC(COC)C2)C1. The number of nitrogens with zero attached hydrogens (tertiary/aromatic N) is 1. The minimum atomic E-state index is 0.779.